The van der Waals surface area contributed by atoms with Crippen molar-refractivity contribution >= 4 is 5.84 Å². The van der Waals surface area contributed by atoms with Crippen molar-refractivity contribution in [2.75, 3.05) is 0 Å². The van der Waals surface area contributed by atoms with Gasteiger partial charge in [-0.25, -0.2) is 9.67 Å². The van der Waals surface area contributed by atoms with Crippen molar-refractivity contribution in [1.82, 2.24) is 14.8 Å². The van der Waals surface area contributed by atoms with Crippen LogP contribution in [0.15, 0.2) is 30.6 Å². The third kappa shape index (κ3) is 1.85. The topological polar surface area (TPSA) is 80.6 Å². The molecule has 0 amide bonds. The zero-order chi connectivity index (χ0) is 10.8. The predicted octanol–water partition coefficient (Wildman–Crippen LogP) is 0.860. The predicted molar refractivity (Wildman–Crippen MR) is 57.1 cm³/mol. The van der Waals surface area contributed by atoms with Gasteiger partial charge in [-0.1, -0.05) is 0 Å². The van der Waals surface area contributed by atoms with Gasteiger partial charge < -0.3 is 5.73 Å². The van der Waals surface area contributed by atoms with Crippen molar-refractivity contribution in [3.05, 3.63) is 41.9 Å². The van der Waals surface area contributed by atoms with E-state index in [2.05, 4.69) is 10.1 Å². The van der Waals surface area contributed by atoms with Gasteiger partial charge in [-0.15, -0.1) is 0 Å². The number of hydrogen-bond donors (Lipinski definition) is 2. The lowest BCUT2D eigenvalue weighted by Crippen LogP contribution is -2.12. The van der Waals surface area contributed by atoms with Crippen LogP contribution < -0.4 is 5.73 Å². The lowest BCUT2D eigenvalue weighted by atomic mass is 10.2. The highest BCUT2D eigenvalue weighted by Gasteiger charge is 2.02. The molecule has 0 atom stereocenters. The van der Waals surface area contributed by atoms with Crippen molar-refractivity contribution in [2.45, 2.75) is 6.92 Å². The van der Waals surface area contributed by atoms with E-state index in [0.717, 1.165) is 5.69 Å². The third-order valence-corrected chi connectivity index (χ3v) is 2.01. The number of nitrogens with two attached hydrogens (primary N) is 1. The van der Waals surface area contributed by atoms with E-state index >= 15 is 0 Å². The molecule has 0 fully saturated rings. The first-order chi connectivity index (χ1) is 7.16. The monoisotopic (exact) mass is 201 g/mol. The van der Waals surface area contributed by atoms with E-state index in [4.69, 9.17) is 11.1 Å². The molecular weight excluding hydrogens is 190 g/mol. The number of aryl methyl sites for hydroxylation is 1. The second kappa shape index (κ2) is 3.53. The van der Waals surface area contributed by atoms with Crippen LogP contribution in [-0.4, -0.2) is 20.6 Å². The van der Waals surface area contributed by atoms with Crippen LogP contribution in [0.3, 0.4) is 0 Å². The number of hydrogen-bond acceptors (Lipinski definition) is 3. The van der Waals surface area contributed by atoms with E-state index in [1.54, 1.807) is 23.0 Å². The van der Waals surface area contributed by atoms with Crippen molar-refractivity contribution < 1.29 is 0 Å². The number of nitrogens with zero attached hydrogens (tertiary/aromatic N) is 3. The Hall–Kier alpha value is -2.17. The van der Waals surface area contributed by atoms with E-state index in [9.17, 15) is 0 Å². The van der Waals surface area contributed by atoms with Gasteiger partial charge in [0, 0.05) is 18.0 Å². The zero-order valence-electron chi connectivity index (χ0n) is 8.31. The lowest BCUT2D eigenvalue weighted by Gasteiger charge is -2.02. The Morgan fingerprint density at radius 2 is 2.27 bits per heavy atom. The minimum absolute atomic E-state index is 0.0301. The second-order valence-electron chi connectivity index (χ2n) is 3.22. The summed E-state index contributed by atoms with van der Waals surface area (Å²) in [5.41, 5.74) is 6.96. The fourth-order valence-electron chi connectivity index (χ4n) is 1.25. The Morgan fingerprint density at radius 3 is 2.87 bits per heavy atom. The van der Waals surface area contributed by atoms with E-state index in [1.807, 2.05) is 19.2 Å². The van der Waals surface area contributed by atoms with Gasteiger partial charge in [0.1, 0.15) is 5.84 Å². The van der Waals surface area contributed by atoms with Crippen LogP contribution in [-0.2, 0) is 0 Å². The van der Waals surface area contributed by atoms with Gasteiger partial charge in [0.15, 0.2) is 5.82 Å². The molecule has 2 aromatic heterocycles. The maximum Gasteiger partial charge on any atom is 0.153 e. The number of rotatable bonds is 2. The van der Waals surface area contributed by atoms with Crippen LogP contribution in [0.25, 0.3) is 5.82 Å². The second-order valence-corrected chi connectivity index (χ2v) is 3.22. The normalized spacial score (nSPS) is 10.2. The maximum absolute atomic E-state index is 7.32. The van der Waals surface area contributed by atoms with Crippen LogP contribution in [0.5, 0.6) is 0 Å². The standard InChI is InChI=1S/C10H11N5/c1-7-3-5-15(14-7)9-6-8(10(11)12)2-4-13-9/h2-6H,1H3,(H3,11,12). The van der Waals surface area contributed by atoms with Gasteiger partial charge in [-0.05, 0) is 25.1 Å². The molecule has 0 saturated carbocycles. The summed E-state index contributed by atoms with van der Waals surface area (Å²) in [6.45, 7) is 1.91. The van der Waals surface area contributed by atoms with Crippen molar-refractivity contribution in [3.8, 4) is 5.82 Å². The Balaban J connectivity index is 2.45. The first-order valence-electron chi connectivity index (χ1n) is 4.50. The van der Waals surface area contributed by atoms with E-state index in [0.29, 0.717) is 11.4 Å². The average Bonchev–Trinajstić information content (AvgIpc) is 2.65. The molecule has 0 radical (unpaired) electrons. The molecule has 76 valence electrons. The molecule has 0 saturated heterocycles. The average molecular weight is 201 g/mol. The molecule has 5 heteroatoms. The summed E-state index contributed by atoms with van der Waals surface area (Å²) >= 11 is 0. The number of amidine groups is 1. The number of pyridine rings is 1. The van der Waals surface area contributed by atoms with Crippen LogP contribution >= 0.6 is 0 Å². The van der Waals surface area contributed by atoms with Gasteiger partial charge >= 0.3 is 0 Å². The summed E-state index contributed by atoms with van der Waals surface area (Å²) in [4.78, 5) is 4.15. The summed E-state index contributed by atoms with van der Waals surface area (Å²) in [6.07, 6.45) is 3.44. The number of aromatic nitrogens is 3. The molecular formula is C10H11N5. The molecule has 0 bridgehead atoms. The molecule has 2 rings (SSSR count). The highest BCUT2D eigenvalue weighted by molar-refractivity contribution is 5.95. The molecule has 0 aliphatic heterocycles. The van der Waals surface area contributed by atoms with Crippen LogP contribution in [0.4, 0.5) is 0 Å². The minimum Gasteiger partial charge on any atom is -0.384 e. The molecule has 3 N–H and O–H groups in total. The highest BCUT2D eigenvalue weighted by atomic mass is 15.3. The molecule has 0 unspecified atom stereocenters. The minimum atomic E-state index is 0.0301. The van der Waals surface area contributed by atoms with Gasteiger partial charge in [-0.2, -0.15) is 5.10 Å². The maximum atomic E-state index is 7.32. The smallest absolute Gasteiger partial charge is 0.153 e. The van der Waals surface area contributed by atoms with Gasteiger partial charge in [-0.3, -0.25) is 5.41 Å². The molecule has 5 nitrogen and oxygen atoms in total. The molecule has 0 spiro atoms. The first kappa shape index (κ1) is 9.39. The number of nitrogens with one attached hydrogen (secondary N) is 1. The van der Waals surface area contributed by atoms with Crippen LogP contribution in [0.1, 0.15) is 11.3 Å². The Kier molecular flexibility index (Phi) is 2.21. The van der Waals surface area contributed by atoms with Crippen molar-refractivity contribution in [3.63, 3.8) is 0 Å². The fourth-order valence-corrected chi connectivity index (χ4v) is 1.25. The molecule has 2 heterocycles. The summed E-state index contributed by atoms with van der Waals surface area (Å²) in [5, 5.41) is 11.5. The molecule has 0 aliphatic rings. The summed E-state index contributed by atoms with van der Waals surface area (Å²) in [5.74, 6) is 0.693. The summed E-state index contributed by atoms with van der Waals surface area (Å²) in [7, 11) is 0. The molecule has 0 aliphatic carbocycles. The molecule has 15 heavy (non-hydrogen) atoms. The largest absolute Gasteiger partial charge is 0.384 e. The van der Waals surface area contributed by atoms with Gasteiger partial charge in [0.05, 0.1) is 5.69 Å². The Morgan fingerprint density at radius 1 is 1.47 bits per heavy atom. The molecule has 0 aromatic carbocycles. The van der Waals surface area contributed by atoms with Crippen LogP contribution in [0.2, 0.25) is 0 Å². The summed E-state index contributed by atoms with van der Waals surface area (Å²) < 4.78 is 1.65. The molecule has 2 aromatic rings. The van der Waals surface area contributed by atoms with E-state index in [1.165, 1.54) is 0 Å². The van der Waals surface area contributed by atoms with Gasteiger partial charge in [0.2, 0.25) is 0 Å². The van der Waals surface area contributed by atoms with E-state index in [-0.39, 0.29) is 5.84 Å². The SMILES string of the molecule is Cc1ccn(-c2cc(C(=N)N)ccn2)n1. The first-order valence-corrected chi connectivity index (χ1v) is 4.50. The highest BCUT2D eigenvalue weighted by Crippen LogP contribution is 2.06. The zero-order valence-corrected chi connectivity index (χ0v) is 8.31. The Bertz CT molecular complexity index is 500. The van der Waals surface area contributed by atoms with E-state index < -0.39 is 0 Å². The Labute approximate surface area is 87.1 Å². The van der Waals surface area contributed by atoms with Gasteiger partial charge in [0.25, 0.3) is 0 Å². The number of nitrogen functional groups attached to an aromatic ring is 1. The van der Waals surface area contributed by atoms with Crippen molar-refractivity contribution in [1.29, 1.82) is 5.41 Å². The third-order valence-electron chi connectivity index (χ3n) is 2.01. The van der Waals surface area contributed by atoms with Crippen molar-refractivity contribution in [2.24, 2.45) is 5.73 Å². The quantitative estimate of drug-likeness (QED) is 0.558. The lowest BCUT2D eigenvalue weighted by molar-refractivity contribution is 0.832. The van der Waals surface area contributed by atoms with Crippen LogP contribution in [0, 0.1) is 12.3 Å². The fraction of sp³-hybridized carbons (Fsp3) is 0.100. The summed E-state index contributed by atoms with van der Waals surface area (Å²) in [6, 6.07) is 5.32.